The van der Waals surface area contributed by atoms with Gasteiger partial charge < -0.3 is 0 Å². The standard InChI is InChI=1S/C20H36/c1-9-14(5)20-11-18(20,7)19(20,8)15(6)16-10-13(4)17(16)12(2)3/h12-17H,9-11H2,1-8H3. The number of fused-ring (bicyclic) bond motifs is 1. The van der Waals surface area contributed by atoms with E-state index in [2.05, 4.69) is 55.4 Å². The van der Waals surface area contributed by atoms with Gasteiger partial charge in [-0.25, -0.2) is 0 Å². The van der Waals surface area contributed by atoms with Crippen LogP contribution in [0, 0.1) is 51.8 Å². The highest BCUT2D eigenvalue weighted by molar-refractivity contribution is 5.43. The summed E-state index contributed by atoms with van der Waals surface area (Å²) in [6, 6.07) is 0. The van der Waals surface area contributed by atoms with Crippen LogP contribution in [-0.2, 0) is 0 Å². The first-order valence-electron chi connectivity index (χ1n) is 9.19. The van der Waals surface area contributed by atoms with Gasteiger partial charge in [-0.1, -0.05) is 61.8 Å². The van der Waals surface area contributed by atoms with E-state index >= 15 is 0 Å². The van der Waals surface area contributed by atoms with Crippen LogP contribution in [0.1, 0.15) is 74.7 Å². The van der Waals surface area contributed by atoms with Gasteiger partial charge in [0.1, 0.15) is 0 Å². The lowest BCUT2D eigenvalue weighted by atomic mass is 9.52. The fraction of sp³-hybridized carbons (Fsp3) is 1.00. The molecule has 0 aromatic rings. The van der Waals surface area contributed by atoms with Crippen molar-refractivity contribution in [2.75, 3.05) is 0 Å². The molecule has 0 spiro atoms. The maximum atomic E-state index is 2.65. The van der Waals surface area contributed by atoms with Crippen molar-refractivity contribution in [3.8, 4) is 0 Å². The van der Waals surface area contributed by atoms with Crippen LogP contribution in [0.25, 0.3) is 0 Å². The predicted molar refractivity (Wildman–Crippen MR) is 87.5 cm³/mol. The molecule has 0 heterocycles. The van der Waals surface area contributed by atoms with Crippen molar-refractivity contribution in [1.29, 1.82) is 0 Å². The molecule has 0 aromatic heterocycles. The molecule has 0 heteroatoms. The normalized spacial score (nSPS) is 56.0. The summed E-state index contributed by atoms with van der Waals surface area (Å²) in [5, 5.41) is 0. The Labute approximate surface area is 127 Å². The molecule has 0 radical (unpaired) electrons. The second-order valence-electron chi connectivity index (χ2n) is 9.48. The van der Waals surface area contributed by atoms with E-state index in [0.717, 1.165) is 35.5 Å². The lowest BCUT2D eigenvalue weighted by Crippen LogP contribution is -2.46. The van der Waals surface area contributed by atoms with Crippen LogP contribution < -0.4 is 0 Å². The van der Waals surface area contributed by atoms with Crippen molar-refractivity contribution in [2.45, 2.75) is 74.7 Å². The van der Waals surface area contributed by atoms with Gasteiger partial charge in [0.15, 0.2) is 0 Å². The van der Waals surface area contributed by atoms with Gasteiger partial charge in [-0.05, 0) is 64.6 Å². The third-order valence-corrected chi connectivity index (χ3v) is 9.07. The van der Waals surface area contributed by atoms with Gasteiger partial charge in [-0.3, -0.25) is 0 Å². The van der Waals surface area contributed by atoms with Crippen molar-refractivity contribution in [3.63, 3.8) is 0 Å². The molecule has 8 unspecified atom stereocenters. The number of hydrogen-bond donors (Lipinski definition) is 0. The van der Waals surface area contributed by atoms with Gasteiger partial charge in [0.25, 0.3) is 0 Å². The summed E-state index contributed by atoms with van der Waals surface area (Å²) in [4.78, 5) is 0. The van der Waals surface area contributed by atoms with E-state index in [4.69, 9.17) is 0 Å². The van der Waals surface area contributed by atoms with Gasteiger partial charge in [-0.2, -0.15) is 0 Å². The Hall–Kier alpha value is 0. The Morgan fingerprint density at radius 3 is 2.10 bits per heavy atom. The van der Waals surface area contributed by atoms with Crippen LogP contribution in [0.4, 0.5) is 0 Å². The minimum absolute atomic E-state index is 0.646. The average Bonchev–Trinajstić information content (AvgIpc) is 3.14. The molecule has 3 fully saturated rings. The quantitative estimate of drug-likeness (QED) is 0.576. The maximum Gasteiger partial charge on any atom is -0.0145 e. The first kappa shape index (κ1) is 14.9. The van der Waals surface area contributed by atoms with Crippen LogP contribution in [0.5, 0.6) is 0 Å². The first-order chi connectivity index (χ1) is 9.19. The van der Waals surface area contributed by atoms with E-state index in [-0.39, 0.29) is 0 Å². The first-order valence-corrected chi connectivity index (χ1v) is 9.19. The fourth-order valence-electron chi connectivity index (χ4n) is 7.50. The van der Waals surface area contributed by atoms with Crippen LogP contribution in [0.2, 0.25) is 0 Å². The zero-order valence-electron chi connectivity index (χ0n) is 15.1. The van der Waals surface area contributed by atoms with E-state index in [0.29, 0.717) is 16.2 Å². The van der Waals surface area contributed by atoms with E-state index in [1.165, 1.54) is 19.3 Å². The molecule has 3 saturated carbocycles. The van der Waals surface area contributed by atoms with E-state index < -0.39 is 0 Å². The minimum atomic E-state index is 0.646. The van der Waals surface area contributed by atoms with Gasteiger partial charge in [-0.15, -0.1) is 0 Å². The van der Waals surface area contributed by atoms with Crippen molar-refractivity contribution in [3.05, 3.63) is 0 Å². The molecule has 0 bridgehead atoms. The van der Waals surface area contributed by atoms with Gasteiger partial charge >= 0.3 is 0 Å². The minimum Gasteiger partial charge on any atom is -0.0651 e. The zero-order valence-corrected chi connectivity index (χ0v) is 15.1. The van der Waals surface area contributed by atoms with Gasteiger partial charge in [0.2, 0.25) is 0 Å². The molecule has 0 nitrogen and oxygen atoms in total. The SMILES string of the molecule is CCC(C)C12CC1(C)C2(C)C(C)C1CC(C)C1C(C)C. The molecule has 3 aliphatic rings. The number of hydrogen-bond acceptors (Lipinski definition) is 0. The Morgan fingerprint density at radius 1 is 1.10 bits per heavy atom. The van der Waals surface area contributed by atoms with Crippen molar-refractivity contribution < 1.29 is 0 Å². The topological polar surface area (TPSA) is 0 Å². The lowest BCUT2D eigenvalue weighted by Gasteiger charge is -2.52. The molecule has 3 rings (SSSR count). The van der Waals surface area contributed by atoms with E-state index in [9.17, 15) is 0 Å². The smallest absolute Gasteiger partial charge is 0.0145 e. The van der Waals surface area contributed by atoms with E-state index in [1.807, 2.05) is 0 Å². The highest BCUT2D eigenvalue weighted by Gasteiger charge is 2.96. The molecule has 0 N–H and O–H groups in total. The zero-order chi connectivity index (χ0) is 15.1. The molecule has 20 heavy (non-hydrogen) atoms. The molecule has 116 valence electrons. The van der Waals surface area contributed by atoms with Crippen molar-refractivity contribution in [1.82, 2.24) is 0 Å². The summed E-state index contributed by atoms with van der Waals surface area (Å²) in [6.07, 6.45) is 4.38. The third-order valence-electron chi connectivity index (χ3n) is 9.07. The molecule has 8 atom stereocenters. The van der Waals surface area contributed by atoms with Gasteiger partial charge in [0, 0.05) is 0 Å². The van der Waals surface area contributed by atoms with Crippen LogP contribution in [0.3, 0.4) is 0 Å². The molecule has 3 aliphatic carbocycles. The molecular weight excluding hydrogens is 240 g/mol. The largest absolute Gasteiger partial charge is 0.0651 e. The summed E-state index contributed by atoms with van der Waals surface area (Å²) in [5.41, 5.74) is 2.05. The summed E-state index contributed by atoms with van der Waals surface area (Å²) >= 11 is 0. The Morgan fingerprint density at radius 2 is 1.70 bits per heavy atom. The molecule has 0 aromatic carbocycles. The molecule has 0 amide bonds. The highest BCUT2D eigenvalue weighted by atomic mass is 15.0. The summed E-state index contributed by atoms with van der Waals surface area (Å²) in [5.74, 6) is 5.68. The third kappa shape index (κ3) is 1.31. The second-order valence-corrected chi connectivity index (χ2v) is 9.48. The van der Waals surface area contributed by atoms with Crippen molar-refractivity contribution in [2.24, 2.45) is 51.8 Å². The molecule has 0 saturated heterocycles. The molecular formula is C20H36. The maximum absolute atomic E-state index is 2.65. The predicted octanol–water partition coefficient (Wildman–Crippen LogP) is 6.01. The average molecular weight is 277 g/mol. The second kappa shape index (κ2) is 4.05. The van der Waals surface area contributed by atoms with E-state index in [1.54, 1.807) is 0 Å². The van der Waals surface area contributed by atoms with Gasteiger partial charge in [0.05, 0.1) is 0 Å². The van der Waals surface area contributed by atoms with Crippen molar-refractivity contribution >= 4 is 0 Å². The van der Waals surface area contributed by atoms with Crippen LogP contribution >= 0.6 is 0 Å². The Kier molecular flexibility index (Phi) is 3.02. The lowest BCUT2D eigenvalue weighted by molar-refractivity contribution is -0.0416. The summed E-state index contributed by atoms with van der Waals surface area (Å²) in [7, 11) is 0. The van der Waals surface area contributed by atoms with Crippen LogP contribution in [-0.4, -0.2) is 0 Å². The monoisotopic (exact) mass is 276 g/mol. The molecule has 0 aliphatic heterocycles. The highest BCUT2D eigenvalue weighted by Crippen LogP contribution is 3.01. The van der Waals surface area contributed by atoms with Crippen LogP contribution in [0.15, 0.2) is 0 Å². The Bertz CT molecular complexity index is 406. The summed E-state index contributed by atoms with van der Waals surface area (Å²) in [6.45, 7) is 20.1. The summed E-state index contributed by atoms with van der Waals surface area (Å²) < 4.78 is 0. The number of rotatable bonds is 5. The Balaban J connectivity index is 1.78. The fourth-order valence-corrected chi connectivity index (χ4v) is 7.50.